The predicted molar refractivity (Wildman–Crippen MR) is 81.2 cm³/mol. The van der Waals surface area contributed by atoms with Crippen molar-refractivity contribution in [3.63, 3.8) is 0 Å². The molecule has 108 valence electrons. The molecule has 0 spiro atoms. The van der Waals surface area contributed by atoms with Crippen molar-refractivity contribution in [2.75, 3.05) is 6.16 Å². The summed E-state index contributed by atoms with van der Waals surface area (Å²) < 4.78 is 0. The van der Waals surface area contributed by atoms with Crippen molar-refractivity contribution in [1.29, 1.82) is 0 Å². The molecule has 1 aromatic rings. The number of rotatable bonds is 6. The average molecular weight is 292 g/mol. The van der Waals surface area contributed by atoms with Gasteiger partial charge in [-0.05, 0) is 31.2 Å². The lowest BCUT2D eigenvalue weighted by Crippen LogP contribution is -2.29. The molecule has 1 aliphatic rings. The Balaban J connectivity index is 1.89. The summed E-state index contributed by atoms with van der Waals surface area (Å²) in [6.07, 6.45) is 5.46. The zero-order chi connectivity index (χ0) is 14.4. The summed E-state index contributed by atoms with van der Waals surface area (Å²) in [6, 6.07) is 10.1. The number of carbonyl (C=O) groups is 1. The van der Waals surface area contributed by atoms with Crippen LogP contribution in [0.15, 0.2) is 30.3 Å². The van der Waals surface area contributed by atoms with E-state index in [1.54, 1.807) is 5.80 Å². The fourth-order valence-electron chi connectivity index (χ4n) is 2.83. The maximum Gasteiger partial charge on any atom is 0.317 e. The van der Waals surface area contributed by atoms with Gasteiger partial charge in [0, 0.05) is 7.77 Å². The average Bonchev–Trinajstić information content (AvgIpc) is 2.90. The second kappa shape index (κ2) is 7.01. The Hall–Kier alpha value is -1.18. The molecule has 0 bridgehead atoms. The molecular formula is C16H21O3P. The van der Waals surface area contributed by atoms with Crippen molar-refractivity contribution in [3.05, 3.63) is 35.9 Å². The van der Waals surface area contributed by atoms with Crippen LogP contribution in [0, 0.1) is 5.41 Å². The molecule has 4 heteroatoms. The molecule has 1 aliphatic carbocycles. The van der Waals surface area contributed by atoms with E-state index in [1.165, 1.54) is 5.56 Å². The Labute approximate surface area is 121 Å². The van der Waals surface area contributed by atoms with E-state index in [2.05, 4.69) is 12.1 Å². The van der Waals surface area contributed by atoms with E-state index in [-0.39, 0.29) is 0 Å². The highest BCUT2D eigenvalue weighted by Gasteiger charge is 2.42. The zero-order valence-electron chi connectivity index (χ0n) is 11.6. The summed E-state index contributed by atoms with van der Waals surface area (Å²) in [5.74, 6) is 0.823. The van der Waals surface area contributed by atoms with Gasteiger partial charge in [0.1, 0.15) is 11.6 Å². The van der Waals surface area contributed by atoms with Crippen molar-refractivity contribution < 1.29 is 14.8 Å². The highest BCUT2D eigenvalue weighted by molar-refractivity contribution is 7.50. The van der Waals surface area contributed by atoms with E-state index < -0.39 is 19.2 Å². The van der Waals surface area contributed by atoms with Crippen LogP contribution in [-0.2, 0) is 11.2 Å². The van der Waals surface area contributed by atoms with Crippen molar-refractivity contribution in [2.45, 2.75) is 38.5 Å². The topological polar surface area (TPSA) is 60.4 Å². The van der Waals surface area contributed by atoms with Gasteiger partial charge in [-0.15, -0.1) is 0 Å². The predicted octanol–water partition coefficient (Wildman–Crippen LogP) is 2.82. The van der Waals surface area contributed by atoms with Crippen molar-refractivity contribution in [3.8, 4) is 0 Å². The molecule has 0 amide bonds. The molecule has 0 aliphatic heterocycles. The molecule has 1 aromatic carbocycles. The smallest absolute Gasteiger partial charge is 0.317 e. The molecule has 1 N–H and O–H groups in total. The lowest BCUT2D eigenvalue weighted by molar-refractivity contribution is -0.154. The Morgan fingerprint density at radius 2 is 1.95 bits per heavy atom. The van der Waals surface area contributed by atoms with Gasteiger partial charge in [-0.2, -0.15) is 0 Å². The van der Waals surface area contributed by atoms with Crippen LogP contribution in [0.1, 0.15) is 37.7 Å². The van der Waals surface area contributed by atoms with Gasteiger partial charge in [0.2, 0.25) is 0 Å². The largest absolute Gasteiger partial charge is 0.631 e. The number of hydrogen-bond donors (Lipinski definition) is 1. The van der Waals surface area contributed by atoms with Gasteiger partial charge in [-0.3, -0.25) is 4.79 Å². The molecule has 1 saturated carbocycles. The van der Waals surface area contributed by atoms with Crippen LogP contribution in [-0.4, -0.2) is 23.0 Å². The second-order valence-electron chi connectivity index (χ2n) is 5.53. The minimum Gasteiger partial charge on any atom is -0.631 e. The third-order valence-corrected chi connectivity index (χ3v) is 5.54. The van der Waals surface area contributed by atoms with Crippen LogP contribution in [0.5, 0.6) is 0 Å². The molecule has 1 fully saturated rings. The van der Waals surface area contributed by atoms with E-state index >= 15 is 0 Å². The van der Waals surface area contributed by atoms with Crippen molar-refractivity contribution in [2.24, 2.45) is 5.41 Å². The maximum absolute atomic E-state index is 12.1. The summed E-state index contributed by atoms with van der Waals surface area (Å²) in [5, 5.41) is 9.36. The van der Waals surface area contributed by atoms with E-state index in [9.17, 15) is 14.8 Å². The first-order valence-corrected chi connectivity index (χ1v) is 8.71. The highest BCUT2D eigenvalue weighted by Crippen LogP contribution is 2.39. The molecule has 0 heterocycles. The molecular weight excluding hydrogens is 271 g/mol. The minimum absolute atomic E-state index is 0.583. The second-order valence-corrected chi connectivity index (χ2v) is 7.07. The standard InChI is InChI=1S/C16H21O3P/c17-15(18)16(10-4-5-11-16)13-20(19)12-6-9-14-7-2-1-3-8-14/h1-3,7-8,13H,4-6,9-12H2,(H,17,18). The Bertz CT molecular complexity index is 476. The van der Waals surface area contributed by atoms with Gasteiger partial charge in [0.05, 0.1) is 5.80 Å². The molecule has 2 rings (SSSR count). The molecule has 0 aromatic heterocycles. The number of carboxylic acids is 1. The van der Waals surface area contributed by atoms with Crippen LogP contribution >= 0.6 is 7.77 Å². The molecule has 3 nitrogen and oxygen atoms in total. The number of benzene rings is 1. The van der Waals surface area contributed by atoms with Gasteiger partial charge in [-0.1, -0.05) is 43.2 Å². The minimum atomic E-state index is -1.52. The van der Waals surface area contributed by atoms with E-state index in [0.29, 0.717) is 19.0 Å². The summed E-state index contributed by atoms with van der Waals surface area (Å²) in [5.41, 5.74) is 0.421. The number of carboxylic acid groups (broad SMARTS) is 1. The van der Waals surface area contributed by atoms with E-state index in [4.69, 9.17) is 0 Å². The van der Waals surface area contributed by atoms with Crippen LogP contribution < -0.4 is 4.89 Å². The maximum atomic E-state index is 12.1. The van der Waals surface area contributed by atoms with Gasteiger partial charge in [-0.25, -0.2) is 0 Å². The molecule has 0 radical (unpaired) electrons. The van der Waals surface area contributed by atoms with Gasteiger partial charge in [0.15, 0.2) is 0 Å². The zero-order valence-corrected chi connectivity index (χ0v) is 12.5. The van der Waals surface area contributed by atoms with Gasteiger partial charge < -0.3 is 10.00 Å². The fraction of sp³-hybridized carbons (Fsp3) is 0.500. The lowest BCUT2D eigenvalue weighted by Gasteiger charge is -2.17. The summed E-state index contributed by atoms with van der Waals surface area (Å²) >= 11 is 0. The molecule has 1 unspecified atom stereocenters. The normalized spacial score (nSPS) is 18.1. The third-order valence-electron chi connectivity index (χ3n) is 4.00. The Morgan fingerprint density at radius 3 is 2.55 bits per heavy atom. The van der Waals surface area contributed by atoms with E-state index in [0.717, 1.165) is 25.7 Å². The van der Waals surface area contributed by atoms with Crippen LogP contribution in [0.2, 0.25) is 0 Å². The first kappa shape index (κ1) is 15.2. The van der Waals surface area contributed by atoms with Crippen molar-refractivity contribution >= 4 is 19.5 Å². The number of hydrogen-bond acceptors (Lipinski definition) is 2. The SMILES string of the molecule is O=C(O)C1(C=[P+]([O-])CCCc2ccccc2)CCCC1. The Kier molecular flexibility index (Phi) is 5.33. The van der Waals surface area contributed by atoms with Crippen LogP contribution in [0.25, 0.3) is 0 Å². The quantitative estimate of drug-likeness (QED) is 0.820. The first-order valence-electron chi connectivity index (χ1n) is 7.19. The number of aryl methyl sites for hydroxylation is 1. The van der Waals surface area contributed by atoms with Gasteiger partial charge in [0.25, 0.3) is 0 Å². The molecule has 1 atom stereocenters. The summed E-state index contributed by atoms with van der Waals surface area (Å²) in [6.45, 7) is 0. The monoisotopic (exact) mass is 292 g/mol. The summed E-state index contributed by atoms with van der Waals surface area (Å²) in [4.78, 5) is 23.5. The van der Waals surface area contributed by atoms with Crippen molar-refractivity contribution in [1.82, 2.24) is 0 Å². The molecule has 20 heavy (non-hydrogen) atoms. The lowest BCUT2D eigenvalue weighted by atomic mass is 9.89. The third kappa shape index (κ3) is 3.91. The van der Waals surface area contributed by atoms with Crippen LogP contribution in [0.3, 0.4) is 0 Å². The van der Waals surface area contributed by atoms with Gasteiger partial charge >= 0.3 is 5.97 Å². The molecule has 0 saturated heterocycles. The highest BCUT2D eigenvalue weighted by atomic mass is 31.1. The van der Waals surface area contributed by atoms with Crippen LogP contribution in [0.4, 0.5) is 0 Å². The first-order chi connectivity index (χ1) is 9.62. The van der Waals surface area contributed by atoms with E-state index in [1.807, 2.05) is 18.2 Å². The fourth-order valence-corrected chi connectivity index (χ4v) is 4.35. The summed E-state index contributed by atoms with van der Waals surface area (Å²) in [7, 11) is -1.52. The Morgan fingerprint density at radius 1 is 1.30 bits per heavy atom. The number of aliphatic carboxylic acids is 1.